The van der Waals surface area contributed by atoms with Gasteiger partial charge in [0.1, 0.15) is 0 Å². The van der Waals surface area contributed by atoms with E-state index in [4.69, 9.17) is 5.73 Å². The van der Waals surface area contributed by atoms with Crippen molar-refractivity contribution in [3.8, 4) is 0 Å². The van der Waals surface area contributed by atoms with Gasteiger partial charge in [-0.2, -0.15) is 0 Å². The van der Waals surface area contributed by atoms with E-state index in [1.165, 1.54) is 38.5 Å². The maximum atomic E-state index is 12.4. The molecule has 2 aliphatic carbocycles. The zero-order valence-corrected chi connectivity index (χ0v) is 10.7. The minimum Gasteiger partial charge on any atom is -0.341 e. The second-order valence-electron chi connectivity index (χ2n) is 6.55. The molecule has 0 aromatic carbocycles. The molecule has 1 heterocycles. The molecule has 17 heavy (non-hydrogen) atoms. The third-order valence-electron chi connectivity index (χ3n) is 5.31. The van der Waals surface area contributed by atoms with E-state index >= 15 is 0 Å². The summed E-state index contributed by atoms with van der Waals surface area (Å²) < 4.78 is 0. The molecule has 3 fully saturated rings. The van der Waals surface area contributed by atoms with Crippen LogP contribution < -0.4 is 5.73 Å². The van der Waals surface area contributed by atoms with Crippen molar-refractivity contribution in [3.05, 3.63) is 0 Å². The largest absolute Gasteiger partial charge is 0.341 e. The Labute approximate surface area is 104 Å². The Kier molecular flexibility index (Phi) is 2.69. The number of rotatable bonds is 1. The number of nitrogens with two attached hydrogens (primary N) is 1. The van der Waals surface area contributed by atoms with Crippen LogP contribution in [0.25, 0.3) is 0 Å². The van der Waals surface area contributed by atoms with Crippen molar-refractivity contribution in [2.24, 2.45) is 11.1 Å². The van der Waals surface area contributed by atoms with Crippen LogP contribution in [-0.4, -0.2) is 29.4 Å². The van der Waals surface area contributed by atoms with Crippen molar-refractivity contribution < 1.29 is 4.79 Å². The highest BCUT2D eigenvalue weighted by Gasteiger charge is 2.47. The van der Waals surface area contributed by atoms with E-state index < -0.39 is 5.54 Å². The first-order chi connectivity index (χ1) is 8.14. The monoisotopic (exact) mass is 236 g/mol. The van der Waals surface area contributed by atoms with Gasteiger partial charge in [0.2, 0.25) is 5.91 Å². The smallest absolute Gasteiger partial charge is 0.242 e. The normalized spacial score (nSPS) is 30.3. The van der Waals surface area contributed by atoms with Crippen molar-refractivity contribution >= 4 is 5.91 Å². The molecule has 1 saturated heterocycles. The summed E-state index contributed by atoms with van der Waals surface area (Å²) in [4.78, 5) is 14.5. The van der Waals surface area contributed by atoms with Gasteiger partial charge < -0.3 is 10.6 Å². The number of hydrogen-bond donors (Lipinski definition) is 1. The van der Waals surface area contributed by atoms with Gasteiger partial charge in [0.15, 0.2) is 0 Å². The number of likely N-dealkylation sites (tertiary alicyclic amines) is 1. The Morgan fingerprint density at radius 1 is 0.941 bits per heavy atom. The lowest BCUT2D eigenvalue weighted by Gasteiger charge is -2.40. The van der Waals surface area contributed by atoms with Crippen LogP contribution in [0.5, 0.6) is 0 Å². The first-order valence-corrected chi connectivity index (χ1v) is 7.22. The maximum absolute atomic E-state index is 12.4. The van der Waals surface area contributed by atoms with Crippen molar-refractivity contribution in [2.45, 2.75) is 63.3 Å². The zero-order chi connectivity index (χ0) is 11.9. The fraction of sp³-hybridized carbons (Fsp3) is 0.929. The highest BCUT2D eigenvalue weighted by molar-refractivity contribution is 5.87. The predicted molar refractivity (Wildman–Crippen MR) is 67.5 cm³/mol. The summed E-state index contributed by atoms with van der Waals surface area (Å²) in [5.41, 5.74) is 6.13. The molecular weight excluding hydrogens is 212 g/mol. The molecule has 0 aromatic heterocycles. The minimum absolute atomic E-state index is 0.242. The van der Waals surface area contributed by atoms with Gasteiger partial charge in [-0.05, 0) is 43.9 Å². The van der Waals surface area contributed by atoms with Gasteiger partial charge in [-0.3, -0.25) is 4.79 Å². The van der Waals surface area contributed by atoms with Crippen LogP contribution in [0.3, 0.4) is 0 Å². The Morgan fingerprint density at radius 2 is 1.65 bits per heavy atom. The van der Waals surface area contributed by atoms with E-state index in [-0.39, 0.29) is 5.91 Å². The molecule has 0 atom stereocenters. The summed E-state index contributed by atoms with van der Waals surface area (Å²) in [7, 11) is 0. The molecule has 96 valence electrons. The molecule has 3 aliphatic rings. The fourth-order valence-corrected chi connectivity index (χ4v) is 3.90. The standard InChI is InChI=1S/C14H24N2O/c15-14(7-4-8-14)12(17)16-10-9-13(11-16)5-2-1-3-6-13/h1-11,15H2. The van der Waals surface area contributed by atoms with Gasteiger partial charge in [-0.1, -0.05) is 19.3 Å². The summed E-state index contributed by atoms with van der Waals surface area (Å²) in [6.07, 6.45) is 10.9. The molecule has 0 aromatic rings. The topological polar surface area (TPSA) is 46.3 Å². The third kappa shape index (κ3) is 1.88. The number of amides is 1. The maximum Gasteiger partial charge on any atom is 0.242 e. The van der Waals surface area contributed by atoms with E-state index in [9.17, 15) is 4.79 Å². The Hall–Kier alpha value is -0.570. The second kappa shape index (κ2) is 3.98. The van der Waals surface area contributed by atoms with Crippen LogP contribution in [-0.2, 0) is 4.79 Å². The molecule has 1 spiro atoms. The summed E-state index contributed by atoms with van der Waals surface area (Å²) in [5, 5.41) is 0. The predicted octanol–water partition coefficient (Wildman–Crippen LogP) is 2.05. The van der Waals surface area contributed by atoms with Crippen molar-refractivity contribution in [3.63, 3.8) is 0 Å². The van der Waals surface area contributed by atoms with Gasteiger partial charge in [-0.25, -0.2) is 0 Å². The fourth-order valence-electron chi connectivity index (χ4n) is 3.90. The Morgan fingerprint density at radius 3 is 2.24 bits per heavy atom. The zero-order valence-electron chi connectivity index (χ0n) is 10.7. The van der Waals surface area contributed by atoms with Gasteiger partial charge in [0, 0.05) is 13.1 Å². The van der Waals surface area contributed by atoms with Gasteiger partial charge in [0.05, 0.1) is 5.54 Å². The van der Waals surface area contributed by atoms with E-state index in [1.54, 1.807) is 0 Å². The molecule has 3 rings (SSSR count). The van der Waals surface area contributed by atoms with Crippen LogP contribution in [0.2, 0.25) is 0 Å². The number of hydrogen-bond acceptors (Lipinski definition) is 2. The molecule has 3 nitrogen and oxygen atoms in total. The highest BCUT2D eigenvalue weighted by Crippen LogP contribution is 2.44. The van der Waals surface area contributed by atoms with Crippen LogP contribution in [0, 0.1) is 5.41 Å². The van der Waals surface area contributed by atoms with Crippen LogP contribution in [0.1, 0.15) is 57.8 Å². The molecule has 3 heteroatoms. The van der Waals surface area contributed by atoms with Crippen molar-refractivity contribution in [1.29, 1.82) is 0 Å². The van der Waals surface area contributed by atoms with Crippen molar-refractivity contribution in [1.82, 2.24) is 4.90 Å². The number of carbonyl (C=O) groups excluding carboxylic acids is 1. The van der Waals surface area contributed by atoms with Gasteiger partial charge in [-0.15, -0.1) is 0 Å². The summed E-state index contributed by atoms with van der Waals surface area (Å²) >= 11 is 0. The molecular formula is C14H24N2O. The Balaban J connectivity index is 1.65. The van der Waals surface area contributed by atoms with Crippen molar-refractivity contribution in [2.75, 3.05) is 13.1 Å². The molecule has 0 bridgehead atoms. The van der Waals surface area contributed by atoms with Gasteiger partial charge in [0.25, 0.3) is 0 Å². The molecule has 1 aliphatic heterocycles. The lowest BCUT2D eigenvalue weighted by molar-refractivity contribution is -0.139. The second-order valence-corrected chi connectivity index (χ2v) is 6.55. The average molecular weight is 236 g/mol. The molecule has 2 N–H and O–H groups in total. The lowest BCUT2D eigenvalue weighted by Crippen LogP contribution is -2.59. The van der Waals surface area contributed by atoms with Crippen LogP contribution in [0.15, 0.2) is 0 Å². The average Bonchev–Trinajstić information content (AvgIpc) is 2.70. The number of nitrogens with zero attached hydrogens (tertiary/aromatic N) is 1. The van der Waals surface area contributed by atoms with E-state index in [1.807, 2.05) is 0 Å². The Bertz CT molecular complexity index is 316. The summed E-state index contributed by atoms with van der Waals surface area (Å²) in [5.74, 6) is 0.242. The molecule has 2 saturated carbocycles. The van der Waals surface area contributed by atoms with Gasteiger partial charge >= 0.3 is 0 Å². The lowest BCUT2D eigenvalue weighted by atomic mass is 9.73. The minimum atomic E-state index is -0.486. The first-order valence-electron chi connectivity index (χ1n) is 7.22. The third-order valence-corrected chi connectivity index (χ3v) is 5.31. The van der Waals surface area contributed by atoms with E-state index in [0.29, 0.717) is 5.41 Å². The number of carbonyl (C=O) groups is 1. The van der Waals surface area contributed by atoms with E-state index in [2.05, 4.69) is 4.90 Å². The molecule has 0 radical (unpaired) electrons. The summed E-state index contributed by atoms with van der Waals surface area (Å²) in [6.45, 7) is 1.95. The first kappa shape index (κ1) is 11.5. The van der Waals surface area contributed by atoms with Crippen LogP contribution in [0.4, 0.5) is 0 Å². The highest BCUT2D eigenvalue weighted by atomic mass is 16.2. The summed E-state index contributed by atoms with van der Waals surface area (Å²) in [6, 6.07) is 0. The molecule has 1 amide bonds. The molecule has 0 unspecified atom stereocenters. The van der Waals surface area contributed by atoms with Crippen LogP contribution >= 0.6 is 0 Å². The SMILES string of the molecule is NC1(C(=O)N2CCC3(CCCCC3)C2)CCC1. The quantitative estimate of drug-likeness (QED) is 0.757. The van der Waals surface area contributed by atoms with E-state index in [0.717, 1.165) is 32.4 Å².